The van der Waals surface area contributed by atoms with E-state index in [1.54, 1.807) is 11.3 Å². The summed E-state index contributed by atoms with van der Waals surface area (Å²) >= 11 is 1.67. The van der Waals surface area contributed by atoms with E-state index in [-0.39, 0.29) is 0 Å². The molecule has 0 bridgehead atoms. The zero-order valence-electron chi connectivity index (χ0n) is 8.70. The summed E-state index contributed by atoms with van der Waals surface area (Å²) in [6, 6.07) is 2.05. The first kappa shape index (κ1) is 10.2. The molecule has 1 nitrogen and oxygen atoms in total. The van der Waals surface area contributed by atoms with E-state index in [1.165, 1.54) is 32.1 Å². The highest BCUT2D eigenvalue weighted by molar-refractivity contribution is 7.08. The van der Waals surface area contributed by atoms with Gasteiger partial charge in [-0.25, -0.2) is 0 Å². The van der Waals surface area contributed by atoms with Crippen LogP contribution in [0.4, 0.5) is 0 Å². The molecule has 1 aliphatic carbocycles. The molecular formula is C12H18OS. The van der Waals surface area contributed by atoms with Gasteiger partial charge in [-0.2, -0.15) is 11.3 Å². The average molecular weight is 210 g/mol. The highest BCUT2D eigenvalue weighted by Crippen LogP contribution is 2.39. The highest BCUT2D eigenvalue weighted by atomic mass is 32.1. The van der Waals surface area contributed by atoms with Crippen molar-refractivity contribution in [2.75, 3.05) is 0 Å². The van der Waals surface area contributed by atoms with Crippen LogP contribution in [-0.4, -0.2) is 5.11 Å². The fourth-order valence-electron chi connectivity index (χ4n) is 2.45. The third kappa shape index (κ3) is 1.86. The van der Waals surface area contributed by atoms with Gasteiger partial charge in [0.05, 0.1) is 5.60 Å². The first-order valence-corrected chi connectivity index (χ1v) is 6.40. The van der Waals surface area contributed by atoms with E-state index in [2.05, 4.69) is 11.4 Å². The minimum absolute atomic E-state index is 0.464. The monoisotopic (exact) mass is 210 g/mol. The van der Waals surface area contributed by atoms with Crippen LogP contribution in [0.3, 0.4) is 0 Å². The van der Waals surface area contributed by atoms with Gasteiger partial charge < -0.3 is 5.11 Å². The zero-order chi connectivity index (χ0) is 10.0. The van der Waals surface area contributed by atoms with Crippen LogP contribution < -0.4 is 0 Å². The lowest BCUT2D eigenvalue weighted by Crippen LogP contribution is -2.32. The van der Waals surface area contributed by atoms with Crippen LogP contribution in [-0.2, 0) is 5.60 Å². The summed E-state index contributed by atoms with van der Waals surface area (Å²) in [7, 11) is 0. The lowest BCUT2D eigenvalue weighted by atomic mass is 9.75. The average Bonchev–Trinajstić information content (AvgIpc) is 2.72. The second-order valence-corrected chi connectivity index (χ2v) is 5.27. The third-order valence-corrected chi connectivity index (χ3v) is 4.19. The van der Waals surface area contributed by atoms with Gasteiger partial charge in [-0.3, -0.25) is 0 Å². The predicted octanol–water partition coefficient (Wildman–Crippen LogP) is 3.54. The molecule has 1 unspecified atom stereocenters. The Hall–Kier alpha value is -0.340. The molecule has 1 aromatic rings. The molecular weight excluding hydrogens is 192 g/mol. The molecule has 1 fully saturated rings. The molecule has 0 spiro atoms. The third-order valence-electron chi connectivity index (χ3n) is 3.51. The van der Waals surface area contributed by atoms with Crippen molar-refractivity contribution in [3.8, 4) is 0 Å². The van der Waals surface area contributed by atoms with Crippen molar-refractivity contribution in [1.29, 1.82) is 0 Å². The van der Waals surface area contributed by atoms with Gasteiger partial charge in [0, 0.05) is 0 Å². The maximum absolute atomic E-state index is 10.5. The Kier molecular flexibility index (Phi) is 2.93. The Morgan fingerprint density at radius 3 is 2.64 bits per heavy atom. The van der Waals surface area contributed by atoms with Crippen molar-refractivity contribution in [3.63, 3.8) is 0 Å². The summed E-state index contributed by atoms with van der Waals surface area (Å²) in [4.78, 5) is 0. The highest BCUT2D eigenvalue weighted by Gasteiger charge is 2.34. The van der Waals surface area contributed by atoms with Crippen LogP contribution in [0.2, 0.25) is 0 Å². The number of hydrogen-bond donors (Lipinski definition) is 1. The SMILES string of the molecule is CC(O)(c1ccsc1)C1CCCCC1. The largest absolute Gasteiger partial charge is 0.385 e. The lowest BCUT2D eigenvalue weighted by Gasteiger charge is -2.35. The molecule has 0 aliphatic heterocycles. The molecule has 1 N–H and O–H groups in total. The predicted molar refractivity (Wildman–Crippen MR) is 60.5 cm³/mol. The topological polar surface area (TPSA) is 20.2 Å². The molecule has 0 aromatic carbocycles. The summed E-state index contributed by atoms with van der Waals surface area (Å²) in [6.07, 6.45) is 6.28. The maximum Gasteiger partial charge on any atom is 0.0904 e. The molecule has 1 aliphatic rings. The van der Waals surface area contributed by atoms with E-state index in [1.807, 2.05) is 12.3 Å². The minimum atomic E-state index is -0.597. The molecule has 0 amide bonds. The number of aliphatic hydroxyl groups is 1. The normalized spacial score (nSPS) is 23.3. The Morgan fingerprint density at radius 1 is 1.36 bits per heavy atom. The van der Waals surface area contributed by atoms with Gasteiger partial charge in [0.15, 0.2) is 0 Å². The molecule has 1 heterocycles. The molecule has 1 aromatic heterocycles. The van der Waals surface area contributed by atoms with Gasteiger partial charge in [-0.05, 0) is 48.1 Å². The van der Waals surface area contributed by atoms with Crippen molar-refractivity contribution in [2.45, 2.75) is 44.6 Å². The summed E-state index contributed by atoms with van der Waals surface area (Å²) in [5.41, 5.74) is 0.509. The number of hydrogen-bond acceptors (Lipinski definition) is 2. The summed E-state index contributed by atoms with van der Waals surface area (Å²) in [5, 5.41) is 14.6. The number of thiophene rings is 1. The van der Waals surface area contributed by atoms with Crippen LogP contribution >= 0.6 is 11.3 Å². The molecule has 2 heteroatoms. The first-order valence-electron chi connectivity index (χ1n) is 5.46. The zero-order valence-corrected chi connectivity index (χ0v) is 9.52. The van der Waals surface area contributed by atoms with Crippen LogP contribution in [0, 0.1) is 5.92 Å². The van der Waals surface area contributed by atoms with Gasteiger partial charge >= 0.3 is 0 Å². The molecule has 14 heavy (non-hydrogen) atoms. The summed E-state index contributed by atoms with van der Waals surface area (Å²) < 4.78 is 0. The van der Waals surface area contributed by atoms with E-state index in [0.717, 1.165) is 5.56 Å². The van der Waals surface area contributed by atoms with Crippen molar-refractivity contribution in [1.82, 2.24) is 0 Å². The maximum atomic E-state index is 10.5. The Labute approximate surface area is 89.8 Å². The van der Waals surface area contributed by atoms with Gasteiger partial charge in [0.25, 0.3) is 0 Å². The molecule has 2 rings (SSSR count). The lowest BCUT2D eigenvalue weighted by molar-refractivity contribution is -0.0211. The standard InChI is InChI=1S/C12H18OS/c1-12(13,11-7-8-14-9-11)10-5-3-2-4-6-10/h7-10,13H,2-6H2,1H3. The first-order chi connectivity index (χ1) is 6.71. The van der Waals surface area contributed by atoms with Gasteiger partial charge in [0.1, 0.15) is 0 Å². The Bertz CT molecular complexity index is 271. The number of rotatable bonds is 2. The van der Waals surface area contributed by atoms with Gasteiger partial charge in [-0.15, -0.1) is 0 Å². The van der Waals surface area contributed by atoms with Crippen LogP contribution in [0.25, 0.3) is 0 Å². The Balaban J connectivity index is 2.14. The van der Waals surface area contributed by atoms with Crippen molar-refractivity contribution >= 4 is 11.3 Å². The molecule has 78 valence electrons. The fourth-order valence-corrected chi connectivity index (χ4v) is 3.22. The van der Waals surface area contributed by atoms with Gasteiger partial charge in [0.2, 0.25) is 0 Å². The van der Waals surface area contributed by atoms with Crippen molar-refractivity contribution in [3.05, 3.63) is 22.4 Å². The van der Waals surface area contributed by atoms with Crippen LogP contribution in [0.1, 0.15) is 44.6 Å². The van der Waals surface area contributed by atoms with Crippen LogP contribution in [0.5, 0.6) is 0 Å². The van der Waals surface area contributed by atoms with E-state index in [0.29, 0.717) is 5.92 Å². The van der Waals surface area contributed by atoms with Crippen molar-refractivity contribution < 1.29 is 5.11 Å². The molecule has 1 saturated carbocycles. The van der Waals surface area contributed by atoms with Gasteiger partial charge in [-0.1, -0.05) is 19.3 Å². The summed E-state index contributed by atoms with van der Waals surface area (Å²) in [5.74, 6) is 0.464. The fraction of sp³-hybridized carbons (Fsp3) is 0.667. The quantitative estimate of drug-likeness (QED) is 0.791. The molecule has 1 atom stereocenters. The van der Waals surface area contributed by atoms with E-state index in [4.69, 9.17) is 0 Å². The molecule has 0 saturated heterocycles. The van der Waals surface area contributed by atoms with E-state index in [9.17, 15) is 5.11 Å². The minimum Gasteiger partial charge on any atom is -0.385 e. The van der Waals surface area contributed by atoms with Crippen LogP contribution in [0.15, 0.2) is 16.8 Å². The van der Waals surface area contributed by atoms with E-state index >= 15 is 0 Å². The Morgan fingerprint density at radius 2 is 2.07 bits per heavy atom. The summed E-state index contributed by atoms with van der Waals surface area (Å²) in [6.45, 7) is 1.98. The van der Waals surface area contributed by atoms with E-state index < -0.39 is 5.60 Å². The molecule has 0 radical (unpaired) electrons. The second-order valence-electron chi connectivity index (χ2n) is 4.49. The smallest absolute Gasteiger partial charge is 0.0904 e. The second kappa shape index (κ2) is 4.03. The van der Waals surface area contributed by atoms with Crippen molar-refractivity contribution in [2.24, 2.45) is 5.92 Å².